The van der Waals surface area contributed by atoms with Crippen LogP contribution in [-0.4, -0.2) is 25.2 Å². The third-order valence-corrected chi connectivity index (χ3v) is 3.35. The van der Waals surface area contributed by atoms with Gasteiger partial charge in [0, 0.05) is 16.6 Å². The molecule has 0 saturated carbocycles. The highest BCUT2D eigenvalue weighted by Crippen LogP contribution is 2.37. The second-order valence-corrected chi connectivity index (χ2v) is 4.69. The molecule has 0 radical (unpaired) electrons. The molecular formula is C14H16ClNO3S. The van der Waals surface area contributed by atoms with Crippen LogP contribution >= 0.6 is 22.9 Å². The molecule has 6 heteroatoms. The number of nitrogens with zero attached hydrogens (tertiary/aromatic N) is 1. The van der Waals surface area contributed by atoms with Crippen LogP contribution in [0.25, 0.3) is 10.6 Å². The molecule has 0 aliphatic heterocycles. The van der Waals surface area contributed by atoms with Crippen LogP contribution in [0, 0.1) is 0 Å². The van der Waals surface area contributed by atoms with E-state index in [1.165, 1.54) is 31.6 Å². The fourth-order valence-corrected chi connectivity index (χ4v) is 2.46. The Morgan fingerprint density at radius 3 is 2.50 bits per heavy atom. The molecule has 2 aromatic rings. The van der Waals surface area contributed by atoms with Gasteiger partial charge in [-0.3, -0.25) is 0 Å². The maximum Gasteiger partial charge on any atom is 0.341 e. The van der Waals surface area contributed by atoms with E-state index in [2.05, 4.69) is 4.98 Å². The summed E-state index contributed by atoms with van der Waals surface area (Å²) in [6.45, 7) is 4.00. The van der Waals surface area contributed by atoms with Crippen molar-refractivity contribution in [3.05, 3.63) is 34.3 Å². The van der Waals surface area contributed by atoms with E-state index >= 15 is 0 Å². The number of esters is 1. The molecule has 20 heavy (non-hydrogen) atoms. The van der Waals surface area contributed by atoms with E-state index in [0.717, 1.165) is 5.01 Å². The van der Waals surface area contributed by atoms with Gasteiger partial charge in [-0.05, 0) is 12.1 Å². The second-order valence-electron chi connectivity index (χ2n) is 3.36. The summed E-state index contributed by atoms with van der Waals surface area (Å²) in [6, 6.07) is 3.23. The van der Waals surface area contributed by atoms with Gasteiger partial charge in [0.2, 0.25) is 0 Å². The van der Waals surface area contributed by atoms with Gasteiger partial charge in [0.15, 0.2) is 0 Å². The molecule has 0 fully saturated rings. The number of ether oxygens (including phenoxy) is 2. The molecule has 4 nitrogen and oxygen atoms in total. The lowest BCUT2D eigenvalue weighted by Crippen LogP contribution is -2.05. The zero-order valence-corrected chi connectivity index (χ0v) is 13.3. The summed E-state index contributed by atoms with van der Waals surface area (Å²) >= 11 is 7.45. The van der Waals surface area contributed by atoms with Gasteiger partial charge in [-0.2, -0.15) is 0 Å². The molecule has 1 aromatic carbocycles. The van der Waals surface area contributed by atoms with Gasteiger partial charge >= 0.3 is 5.97 Å². The van der Waals surface area contributed by atoms with Crippen LogP contribution in [0.1, 0.15) is 24.2 Å². The largest absolute Gasteiger partial charge is 0.495 e. The van der Waals surface area contributed by atoms with Crippen LogP contribution < -0.4 is 4.74 Å². The molecule has 0 atom stereocenters. The maximum atomic E-state index is 11.7. The van der Waals surface area contributed by atoms with Gasteiger partial charge in [-0.15, -0.1) is 11.3 Å². The van der Waals surface area contributed by atoms with Crippen molar-refractivity contribution in [3.63, 3.8) is 0 Å². The minimum Gasteiger partial charge on any atom is -0.495 e. The number of methoxy groups -OCH3 is 2. The lowest BCUT2D eigenvalue weighted by atomic mass is 10.1. The van der Waals surface area contributed by atoms with Crippen molar-refractivity contribution in [1.29, 1.82) is 0 Å². The van der Waals surface area contributed by atoms with Crippen molar-refractivity contribution in [3.8, 4) is 16.3 Å². The molecule has 1 heterocycles. The van der Waals surface area contributed by atoms with E-state index in [0.29, 0.717) is 16.3 Å². The number of hydrogen-bond donors (Lipinski definition) is 0. The number of hydrogen-bond acceptors (Lipinski definition) is 5. The summed E-state index contributed by atoms with van der Waals surface area (Å²) in [7, 11) is 2.80. The maximum absolute atomic E-state index is 11.7. The average Bonchev–Trinajstić information content (AvgIpc) is 3.01. The van der Waals surface area contributed by atoms with Gasteiger partial charge in [0.1, 0.15) is 16.3 Å². The third-order valence-electron chi connectivity index (χ3n) is 2.33. The quantitative estimate of drug-likeness (QED) is 0.793. The van der Waals surface area contributed by atoms with Gasteiger partial charge < -0.3 is 9.47 Å². The SMILES string of the molecule is CC.COC(=O)c1cc(Cl)cc(-c2nccs2)c1OC. The second kappa shape index (κ2) is 7.87. The van der Waals surface area contributed by atoms with E-state index in [9.17, 15) is 4.79 Å². The first-order valence-electron chi connectivity index (χ1n) is 6.03. The number of carbonyl (C=O) groups is 1. The Labute approximate surface area is 127 Å². The molecule has 108 valence electrons. The molecule has 0 saturated heterocycles. The van der Waals surface area contributed by atoms with Crippen LogP contribution in [-0.2, 0) is 4.74 Å². The molecule has 0 unspecified atom stereocenters. The van der Waals surface area contributed by atoms with Gasteiger partial charge in [-0.25, -0.2) is 9.78 Å². The van der Waals surface area contributed by atoms with Gasteiger partial charge in [-0.1, -0.05) is 25.4 Å². The van der Waals surface area contributed by atoms with Crippen molar-refractivity contribution in [2.45, 2.75) is 13.8 Å². The first-order valence-corrected chi connectivity index (χ1v) is 7.29. The highest BCUT2D eigenvalue weighted by molar-refractivity contribution is 7.13. The zero-order valence-electron chi connectivity index (χ0n) is 11.8. The summed E-state index contributed by atoms with van der Waals surface area (Å²) < 4.78 is 10.00. The Kier molecular flexibility index (Phi) is 6.48. The molecule has 0 aliphatic rings. The number of halogens is 1. The Balaban J connectivity index is 0.000000956. The van der Waals surface area contributed by atoms with E-state index in [1.54, 1.807) is 12.3 Å². The normalized spacial score (nSPS) is 9.45. The average molecular weight is 314 g/mol. The number of thiazole rings is 1. The molecule has 0 N–H and O–H groups in total. The molecule has 0 bridgehead atoms. The van der Waals surface area contributed by atoms with Crippen LogP contribution in [0.3, 0.4) is 0 Å². The van der Waals surface area contributed by atoms with Crippen molar-refractivity contribution in [2.75, 3.05) is 14.2 Å². The number of rotatable bonds is 3. The Morgan fingerprint density at radius 2 is 2.00 bits per heavy atom. The minimum atomic E-state index is -0.493. The van der Waals surface area contributed by atoms with E-state index in [1.807, 2.05) is 19.2 Å². The van der Waals surface area contributed by atoms with Crippen LogP contribution in [0.15, 0.2) is 23.7 Å². The van der Waals surface area contributed by atoms with Crippen LogP contribution in [0.4, 0.5) is 0 Å². The summed E-state index contributed by atoms with van der Waals surface area (Å²) in [5.74, 6) is -0.0756. The van der Waals surface area contributed by atoms with E-state index in [4.69, 9.17) is 21.1 Å². The first-order chi connectivity index (χ1) is 9.67. The van der Waals surface area contributed by atoms with Crippen molar-refractivity contribution < 1.29 is 14.3 Å². The lowest BCUT2D eigenvalue weighted by molar-refractivity contribution is 0.0597. The van der Waals surface area contributed by atoms with Gasteiger partial charge in [0.05, 0.1) is 19.8 Å². The van der Waals surface area contributed by atoms with Crippen LogP contribution in [0.2, 0.25) is 5.02 Å². The Bertz CT molecular complexity index is 570. The summed E-state index contributed by atoms with van der Waals surface area (Å²) in [6.07, 6.45) is 1.68. The highest BCUT2D eigenvalue weighted by Gasteiger charge is 2.20. The standard InChI is InChI=1S/C12H10ClNO3S.C2H6/c1-16-10-8(11-14-3-4-18-11)5-7(13)6-9(10)12(15)17-2;1-2/h3-6H,1-2H3;1-2H3. The van der Waals surface area contributed by atoms with E-state index < -0.39 is 5.97 Å². The van der Waals surface area contributed by atoms with Crippen LogP contribution in [0.5, 0.6) is 5.75 Å². The van der Waals surface area contributed by atoms with Crippen molar-refractivity contribution in [2.24, 2.45) is 0 Å². The predicted octanol–water partition coefficient (Wildman–Crippen LogP) is 4.28. The monoisotopic (exact) mass is 313 g/mol. The predicted molar refractivity (Wildman–Crippen MR) is 81.8 cm³/mol. The minimum absolute atomic E-state index is 0.290. The molecule has 0 amide bonds. The summed E-state index contributed by atoms with van der Waals surface area (Å²) in [5.41, 5.74) is 0.970. The Morgan fingerprint density at radius 1 is 1.30 bits per heavy atom. The number of aromatic nitrogens is 1. The summed E-state index contributed by atoms with van der Waals surface area (Å²) in [5, 5.41) is 3.01. The molecule has 2 rings (SSSR count). The molecule has 1 aromatic heterocycles. The molecule has 0 spiro atoms. The topological polar surface area (TPSA) is 48.4 Å². The summed E-state index contributed by atoms with van der Waals surface area (Å²) in [4.78, 5) is 15.9. The van der Waals surface area contributed by atoms with E-state index in [-0.39, 0.29) is 5.56 Å². The smallest absolute Gasteiger partial charge is 0.341 e. The fraction of sp³-hybridized carbons (Fsp3) is 0.286. The number of benzene rings is 1. The third kappa shape index (κ3) is 3.49. The first kappa shape index (κ1) is 16.5. The Hall–Kier alpha value is -1.59. The highest BCUT2D eigenvalue weighted by atomic mass is 35.5. The molecular weight excluding hydrogens is 298 g/mol. The van der Waals surface area contributed by atoms with Gasteiger partial charge in [0.25, 0.3) is 0 Å². The molecule has 0 aliphatic carbocycles. The number of carbonyl (C=O) groups excluding carboxylic acids is 1. The lowest BCUT2D eigenvalue weighted by Gasteiger charge is -2.11. The fourth-order valence-electron chi connectivity index (χ4n) is 1.59. The zero-order chi connectivity index (χ0) is 15.1. The van der Waals surface area contributed by atoms with Crippen molar-refractivity contribution in [1.82, 2.24) is 4.98 Å². The van der Waals surface area contributed by atoms with Crippen molar-refractivity contribution >= 4 is 28.9 Å².